The molecule has 2 N–H and O–H groups in total. The Bertz CT molecular complexity index is 809. The summed E-state index contributed by atoms with van der Waals surface area (Å²) >= 11 is 3.24. The van der Waals surface area contributed by atoms with Gasteiger partial charge in [-0.05, 0) is 24.3 Å². The number of nitro groups is 2. The molecule has 0 heterocycles. The number of rotatable bonds is 5. The Hall–Kier alpha value is -3.01. The summed E-state index contributed by atoms with van der Waals surface area (Å²) in [7, 11) is 0. The van der Waals surface area contributed by atoms with Gasteiger partial charge < -0.3 is 5.11 Å². The van der Waals surface area contributed by atoms with E-state index in [1.54, 1.807) is 12.1 Å². The third-order valence-corrected chi connectivity index (χ3v) is 3.26. The van der Waals surface area contributed by atoms with Crippen LogP contribution in [0.4, 0.5) is 17.1 Å². The largest absolute Gasteiger partial charge is 0.507 e. The molecule has 0 saturated heterocycles. The zero-order valence-electron chi connectivity index (χ0n) is 11.3. The molecule has 2 aromatic rings. The monoisotopic (exact) mass is 380 g/mol. The van der Waals surface area contributed by atoms with Crippen LogP contribution >= 0.6 is 15.9 Å². The highest BCUT2D eigenvalue weighted by Gasteiger charge is 2.19. The molecule has 0 fully saturated rings. The highest BCUT2D eigenvalue weighted by molar-refractivity contribution is 9.10. The van der Waals surface area contributed by atoms with Gasteiger partial charge in [0.2, 0.25) is 0 Å². The van der Waals surface area contributed by atoms with Gasteiger partial charge in [-0.1, -0.05) is 15.9 Å². The molecule has 10 heteroatoms. The van der Waals surface area contributed by atoms with E-state index in [0.717, 1.165) is 16.6 Å². The average Bonchev–Trinajstić information content (AvgIpc) is 2.50. The summed E-state index contributed by atoms with van der Waals surface area (Å²) in [6.07, 6.45) is 1.27. The average molecular weight is 381 g/mol. The number of phenolic OH excluding ortho intramolecular Hbond substituents is 1. The second-order valence-corrected chi connectivity index (χ2v) is 5.20. The van der Waals surface area contributed by atoms with Crippen LogP contribution in [-0.4, -0.2) is 21.2 Å². The van der Waals surface area contributed by atoms with Crippen molar-refractivity contribution in [3.63, 3.8) is 0 Å². The SMILES string of the molecule is O=[N+]([O-])c1ccc(NN=Cc2cc(Br)ccc2O)c([N+](=O)[O-])c1. The van der Waals surface area contributed by atoms with E-state index in [-0.39, 0.29) is 11.4 Å². The van der Waals surface area contributed by atoms with E-state index in [9.17, 15) is 25.3 Å². The summed E-state index contributed by atoms with van der Waals surface area (Å²) in [6, 6.07) is 7.86. The van der Waals surface area contributed by atoms with Gasteiger partial charge in [0.15, 0.2) is 0 Å². The minimum Gasteiger partial charge on any atom is -0.507 e. The lowest BCUT2D eigenvalue weighted by Gasteiger charge is -2.03. The first-order valence-electron chi connectivity index (χ1n) is 6.09. The van der Waals surface area contributed by atoms with E-state index in [1.807, 2.05) is 0 Å². The zero-order chi connectivity index (χ0) is 17.0. The van der Waals surface area contributed by atoms with E-state index in [0.29, 0.717) is 5.56 Å². The van der Waals surface area contributed by atoms with E-state index in [1.165, 1.54) is 18.3 Å². The lowest BCUT2D eigenvalue weighted by Crippen LogP contribution is -1.98. The highest BCUT2D eigenvalue weighted by Crippen LogP contribution is 2.29. The maximum atomic E-state index is 11.0. The van der Waals surface area contributed by atoms with Gasteiger partial charge in [-0.3, -0.25) is 25.7 Å². The molecule has 118 valence electrons. The van der Waals surface area contributed by atoms with Gasteiger partial charge in [0.25, 0.3) is 5.69 Å². The smallest absolute Gasteiger partial charge is 0.301 e. The van der Waals surface area contributed by atoms with Crippen LogP contribution in [-0.2, 0) is 0 Å². The van der Waals surface area contributed by atoms with Gasteiger partial charge in [0.1, 0.15) is 11.4 Å². The molecule has 23 heavy (non-hydrogen) atoms. The minimum atomic E-state index is -0.749. The van der Waals surface area contributed by atoms with Crippen LogP contribution in [0.5, 0.6) is 5.75 Å². The molecular weight excluding hydrogens is 372 g/mol. The van der Waals surface area contributed by atoms with Crippen LogP contribution in [0.2, 0.25) is 0 Å². The Labute approximate surface area is 137 Å². The summed E-state index contributed by atoms with van der Waals surface area (Å²) in [6.45, 7) is 0. The third-order valence-electron chi connectivity index (χ3n) is 2.77. The van der Waals surface area contributed by atoms with Crippen molar-refractivity contribution in [1.29, 1.82) is 0 Å². The van der Waals surface area contributed by atoms with Crippen LogP contribution in [0.3, 0.4) is 0 Å². The number of halogens is 1. The Morgan fingerprint density at radius 2 is 1.87 bits per heavy atom. The Balaban J connectivity index is 2.26. The van der Waals surface area contributed by atoms with E-state index in [4.69, 9.17) is 0 Å². The van der Waals surface area contributed by atoms with Gasteiger partial charge in [0, 0.05) is 16.1 Å². The minimum absolute atomic E-state index is 0.00802. The first kappa shape index (κ1) is 16.4. The molecule has 0 atom stereocenters. The summed E-state index contributed by atoms with van der Waals surface area (Å²) in [4.78, 5) is 20.2. The Morgan fingerprint density at radius 1 is 1.13 bits per heavy atom. The molecule has 9 nitrogen and oxygen atoms in total. The molecule has 2 aromatic carbocycles. The van der Waals surface area contributed by atoms with Crippen molar-refractivity contribution in [2.24, 2.45) is 5.10 Å². The summed E-state index contributed by atoms with van der Waals surface area (Å²) in [5.41, 5.74) is 1.94. The number of anilines is 1. The van der Waals surface area contributed by atoms with Crippen molar-refractivity contribution >= 4 is 39.2 Å². The Morgan fingerprint density at radius 3 is 2.52 bits per heavy atom. The predicted octanol–water partition coefficient (Wildman–Crippen LogP) is 3.42. The number of nitrogens with one attached hydrogen (secondary N) is 1. The summed E-state index contributed by atoms with van der Waals surface area (Å²) in [5, 5.41) is 35.1. The molecule has 0 aromatic heterocycles. The number of aromatic hydroxyl groups is 1. The summed E-state index contributed by atoms with van der Waals surface area (Å²) in [5.74, 6) is -0.0167. The number of hydrazone groups is 1. The van der Waals surface area contributed by atoms with Gasteiger partial charge in [-0.2, -0.15) is 5.10 Å². The maximum absolute atomic E-state index is 11.0. The van der Waals surface area contributed by atoms with Crippen molar-refractivity contribution in [2.45, 2.75) is 0 Å². The number of nitrogens with zero attached hydrogens (tertiary/aromatic N) is 3. The highest BCUT2D eigenvalue weighted by atomic mass is 79.9. The van der Waals surface area contributed by atoms with Crippen LogP contribution in [0, 0.1) is 20.2 Å². The predicted molar refractivity (Wildman–Crippen MR) is 86.8 cm³/mol. The number of non-ortho nitro benzene ring substituents is 1. The number of phenols is 1. The second-order valence-electron chi connectivity index (χ2n) is 4.29. The third kappa shape index (κ3) is 4.01. The van der Waals surface area contributed by atoms with Gasteiger partial charge in [-0.15, -0.1) is 0 Å². The van der Waals surface area contributed by atoms with Crippen LogP contribution in [0.25, 0.3) is 0 Å². The lowest BCUT2D eigenvalue weighted by molar-refractivity contribution is -0.393. The van der Waals surface area contributed by atoms with E-state index in [2.05, 4.69) is 26.5 Å². The molecule has 0 radical (unpaired) electrons. The van der Waals surface area contributed by atoms with Crippen LogP contribution < -0.4 is 5.43 Å². The molecule has 0 amide bonds. The van der Waals surface area contributed by atoms with Crippen molar-refractivity contribution in [2.75, 3.05) is 5.43 Å². The standard InChI is InChI=1S/C13H9BrN4O5/c14-9-1-4-13(19)8(5-9)7-15-16-11-3-2-10(17(20)21)6-12(11)18(22)23/h1-7,16,19H. The van der Waals surface area contributed by atoms with Crippen molar-refractivity contribution in [3.8, 4) is 5.75 Å². The normalized spacial score (nSPS) is 10.7. The quantitative estimate of drug-likeness (QED) is 0.464. The van der Waals surface area contributed by atoms with Crippen LogP contribution in [0.15, 0.2) is 46.0 Å². The van der Waals surface area contributed by atoms with E-state index >= 15 is 0 Å². The van der Waals surface area contributed by atoms with Gasteiger partial charge in [0.05, 0.1) is 22.1 Å². The van der Waals surface area contributed by atoms with Crippen molar-refractivity contribution in [3.05, 3.63) is 66.7 Å². The summed E-state index contributed by atoms with van der Waals surface area (Å²) < 4.78 is 0.720. The molecule has 0 bridgehead atoms. The number of hydrogen-bond donors (Lipinski definition) is 2. The molecule has 0 saturated carbocycles. The molecule has 0 aliphatic rings. The first-order valence-corrected chi connectivity index (χ1v) is 6.88. The molecule has 0 aliphatic heterocycles. The molecule has 0 unspecified atom stereocenters. The Kier molecular flexibility index (Phi) is 4.86. The van der Waals surface area contributed by atoms with Gasteiger partial charge in [-0.25, -0.2) is 0 Å². The maximum Gasteiger partial charge on any atom is 0.301 e. The molecule has 0 spiro atoms. The number of benzene rings is 2. The fraction of sp³-hybridized carbons (Fsp3) is 0. The zero-order valence-corrected chi connectivity index (χ0v) is 12.9. The molecule has 2 rings (SSSR count). The van der Waals surface area contributed by atoms with Crippen molar-refractivity contribution < 1.29 is 15.0 Å². The lowest BCUT2D eigenvalue weighted by atomic mass is 10.2. The van der Waals surface area contributed by atoms with Crippen LogP contribution in [0.1, 0.15) is 5.56 Å². The van der Waals surface area contributed by atoms with Crippen molar-refractivity contribution in [1.82, 2.24) is 0 Å². The second kappa shape index (κ2) is 6.83. The fourth-order valence-electron chi connectivity index (χ4n) is 1.68. The fourth-order valence-corrected chi connectivity index (χ4v) is 2.06. The molecular formula is C13H9BrN4O5. The number of nitro benzene ring substituents is 2. The molecule has 0 aliphatic carbocycles. The van der Waals surface area contributed by atoms with E-state index < -0.39 is 21.2 Å². The number of hydrogen-bond acceptors (Lipinski definition) is 7. The topological polar surface area (TPSA) is 131 Å². The first-order chi connectivity index (χ1) is 10.9. The van der Waals surface area contributed by atoms with Gasteiger partial charge >= 0.3 is 5.69 Å².